The van der Waals surface area contributed by atoms with Gasteiger partial charge in [-0.05, 0) is 26.7 Å². The van der Waals surface area contributed by atoms with Gasteiger partial charge in [-0.15, -0.1) is 0 Å². The Bertz CT molecular complexity index is 317. The number of hydrogen-bond donors (Lipinski definition) is 1. The molecule has 0 amide bonds. The van der Waals surface area contributed by atoms with Gasteiger partial charge in [0.25, 0.3) is 0 Å². The van der Waals surface area contributed by atoms with Crippen LogP contribution in [-0.2, 0) is 6.42 Å². The molecule has 1 N–H and O–H groups in total. The maximum Gasteiger partial charge on any atom is 0.218 e. The first-order valence-electron chi connectivity index (χ1n) is 6.48. The minimum Gasteiger partial charge on any atom is -0.475 e. The summed E-state index contributed by atoms with van der Waals surface area (Å²) in [6.07, 6.45) is 3.09. The van der Waals surface area contributed by atoms with Gasteiger partial charge in [-0.2, -0.15) is 4.98 Å². The van der Waals surface area contributed by atoms with Crippen LogP contribution in [0.5, 0.6) is 5.88 Å². The number of ether oxygens (including phenoxy) is 1. The van der Waals surface area contributed by atoms with Gasteiger partial charge in [0.1, 0.15) is 11.6 Å². The first kappa shape index (κ1) is 13.7. The summed E-state index contributed by atoms with van der Waals surface area (Å²) in [6.45, 7) is 9.18. The van der Waals surface area contributed by atoms with Crippen molar-refractivity contribution < 1.29 is 4.74 Å². The second kappa shape index (κ2) is 7.09. The van der Waals surface area contributed by atoms with Gasteiger partial charge >= 0.3 is 0 Å². The van der Waals surface area contributed by atoms with Gasteiger partial charge in [0.05, 0.1) is 6.10 Å². The Kier molecular flexibility index (Phi) is 5.73. The zero-order valence-corrected chi connectivity index (χ0v) is 11.3. The van der Waals surface area contributed by atoms with Crippen LogP contribution in [-0.4, -0.2) is 22.6 Å². The Morgan fingerprint density at radius 1 is 1.29 bits per heavy atom. The number of nitrogens with one attached hydrogen (secondary N) is 1. The molecule has 0 saturated carbocycles. The summed E-state index contributed by atoms with van der Waals surface area (Å²) in [5.74, 6) is 2.38. The highest BCUT2D eigenvalue weighted by Crippen LogP contribution is 2.16. The average Bonchev–Trinajstić information content (AvgIpc) is 2.29. The smallest absolute Gasteiger partial charge is 0.218 e. The molecule has 0 spiro atoms. The zero-order chi connectivity index (χ0) is 12.7. The normalized spacial score (nSPS) is 12.2. The van der Waals surface area contributed by atoms with Gasteiger partial charge in [-0.25, -0.2) is 4.98 Å². The highest BCUT2D eigenvalue weighted by molar-refractivity contribution is 5.38. The summed E-state index contributed by atoms with van der Waals surface area (Å²) in [6, 6.07) is 1.87. The lowest BCUT2D eigenvalue weighted by molar-refractivity contribution is 0.208. The average molecular weight is 237 g/mol. The van der Waals surface area contributed by atoms with E-state index in [9.17, 15) is 0 Å². The van der Waals surface area contributed by atoms with Gasteiger partial charge in [0.15, 0.2) is 0 Å². The van der Waals surface area contributed by atoms with E-state index in [2.05, 4.69) is 43.0 Å². The number of aromatic nitrogens is 2. The van der Waals surface area contributed by atoms with E-state index in [1.807, 2.05) is 6.07 Å². The standard InChI is InChI=1S/C13H23N3O/c1-5-8-11-15-12(14-7-3)9-13(16-11)17-10(4)6-2/h9-10H,5-8H2,1-4H3,(H,14,15,16). The molecule has 0 fully saturated rings. The van der Waals surface area contributed by atoms with Crippen molar-refractivity contribution in [3.05, 3.63) is 11.9 Å². The predicted molar refractivity (Wildman–Crippen MR) is 70.6 cm³/mol. The van der Waals surface area contributed by atoms with Gasteiger partial charge in [-0.1, -0.05) is 13.8 Å². The third kappa shape index (κ3) is 4.59. The van der Waals surface area contributed by atoms with Gasteiger partial charge in [0.2, 0.25) is 5.88 Å². The van der Waals surface area contributed by atoms with Crippen molar-refractivity contribution in [2.24, 2.45) is 0 Å². The summed E-state index contributed by atoms with van der Waals surface area (Å²) in [4.78, 5) is 8.86. The molecule has 4 heteroatoms. The summed E-state index contributed by atoms with van der Waals surface area (Å²) in [5, 5.41) is 3.21. The maximum absolute atomic E-state index is 5.75. The van der Waals surface area contributed by atoms with Crippen LogP contribution in [0.1, 0.15) is 46.4 Å². The highest BCUT2D eigenvalue weighted by Gasteiger charge is 2.07. The molecule has 0 saturated heterocycles. The van der Waals surface area contributed by atoms with Crippen LogP contribution >= 0.6 is 0 Å². The largest absolute Gasteiger partial charge is 0.475 e. The number of anilines is 1. The molecule has 17 heavy (non-hydrogen) atoms. The van der Waals surface area contributed by atoms with Crippen molar-refractivity contribution in [3.63, 3.8) is 0 Å². The van der Waals surface area contributed by atoms with Crippen molar-refractivity contribution in [3.8, 4) is 5.88 Å². The number of nitrogens with zero attached hydrogens (tertiary/aromatic N) is 2. The van der Waals surface area contributed by atoms with Crippen LogP contribution in [0.4, 0.5) is 5.82 Å². The molecule has 0 aliphatic rings. The summed E-state index contributed by atoms with van der Waals surface area (Å²) in [5.41, 5.74) is 0. The van der Waals surface area contributed by atoms with Crippen LogP contribution in [0.2, 0.25) is 0 Å². The molecular formula is C13H23N3O. The molecule has 1 heterocycles. The molecule has 1 aromatic rings. The molecule has 1 rings (SSSR count). The third-order valence-electron chi connectivity index (χ3n) is 2.48. The van der Waals surface area contributed by atoms with E-state index >= 15 is 0 Å². The van der Waals surface area contributed by atoms with E-state index < -0.39 is 0 Å². The maximum atomic E-state index is 5.75. The first-order chi connectivity index (χ1) is 8.19. The minimum absolute atomic E-state index is 0.189. The molecule has 0 aliphatic carbocycles. The molecule has 0 bridgehead atoms. The Morgan fingerprint density at radius 3 is 2.65 bits per heavy atom. The summed E-state index contributed by atoms with van der Waals surface area (Å²) < 4.78 is 5.75. The minimum atomic E-state index is 0.189. The highest BCUT2D eigenvalue weighted by atomic mass is 16.5. The Balaban J connectivity index is 2.86. The van der Waals surface area contributed by atoms with E-state index in [-0.39, 0.29) is 6.10 Å². The molecular weight excluding hydrogens is 214 g/mol. The van der Waals surface area contributed by atoms with Crippen LogP contribution in [0.15, 0.2) is 6.07 Å². The van der Waals surface area contributed by atoms with E-state index in [1.165, 1.54) is 0 Å². The lowest BCUT2D eigenvalue weighted by Gasteiger charge is -2.13. The zero-order valence-electron chi connectivity index (χ0n) is 11.3. The molecule has 1 atom stereocenters. The molecule has 4 nitrogen and oxygen atoms in total. The quantitative estimate of drug-likeness (QED) is 0.791. The third-order valence-corrected chi connectivity index (χ3v) is 2.48. The molecule has 1 unspecified atom stereocenters. The first-order valence-corrected chi connectivity index (χ1v) is 6.48. The summed E-state index contributed by atoms with van der Waals surface area (Å²) in [7, 11) is 0. The summed E-state index contributed by atoms with van der Waals surface area (Å²) >= 11 is 0. The number of hydrogen-bond acceptors (Lipinski definition) is 4. The van der Waals surface area contributed by atoms with Crippen LogP contribution in [0.3, 0.4) is 0 Å². The lowest BCUT2D eigenvalue weighted by Crippen LogP contribution is -2.13. The topological polar surface area (TPSA) is 47.0 Å². The van der Waals surface area contributed by atoms with Gasteiger partial charge < -0.3 is 10.1 Å². The number of rotatable bonds is 7. The fourth-order valence-corrected chi connectivity index (χ4v) is 1.43. The van der Waals surface area contributed by atoms with Gasteiger partial charge in [0, 0.05) is 19.0 Å². The molecule has 96 valence electrons. The van der Waals surface area contributed by atoms with E-state index in [1.54, 1.807) is 0 Å². The van der Waals surface area contributed by atoms with Crippen LogP contribution < -0.4 is 10.1 Å². The van der Waals surface area contributed by atoms with E-state index in [0.29, 0.717) is 5.88 Å². The Labute approximate surface area is 104 Å². The predicted octanol–water partition coefficient (Wildman–Crippen LogP) is 3.04. The van der Waals surface area contributed by atoms with E-state index in [4.69, 9.17) is 4.74 Å². The van der Waals surface area contributed by atoms with Crippen molar-refractivity contribution in [2.45, 2.75) is 53.1 Å². The number of aryl methyl sites for hydroxylation is 1. The van der Waals surface area contributed by atoms with Crippen molar-refractivity contribution in [2.75, 3.05) is 11.9 Å². The van der Waals surface area contributed by atoms with Crippen molar-refractivity contribution in [1.82, 2.24) is 9.97 Å². The Morgan fingerprint density at radius 2 is 2.06 bits per heavy atom. The molecule has 0 aliphatic heterocycles. The molecule has 0 radical (unpaired) electrons. The SMILES string of the molecule is CCCc1nc(NCC)cc(OC(C)CC)n1. The fourth-order valence-electron chi connectivity index (χ4n) is 1.43. The lowest BCUT2D eigenvalue weighted by atomic mass is 10.3. The van der Waals surface area contributed by atoms with Crippen LogP contribution in [0.25, 0.3) is 0 Å². The molecule has 0 aromatic carbocycles. The second-order valence-corrected chi connectivity index (χ2v) is 4.12. The van der Waals surface area contributed by atoms with E-state index in [0.717, 1.165) is 37.4 Å². The van der Waals surface area contributed by atoms with Gasteiger partial charge in [-0.3, -0.25) is 0 Å². The van der Waals surface area contributed by atoms with Crippen molar-refractivity contribution in [1.29, 1.82) is 0 Å². The molecule has 1 aromatic heterocycles. The fraction of sp³-hybridized carbons (Fsp3) is 0.692. The monoisotopic (exact) mass is 237 g/mol. The second-order valence-electron chi connectivity index (χ2n) is 4.12. The van der Waals surface area contributed by atoms with Crippen LogP contribution in [0, 0.1) is 0 Å². The van der Waals surface area contributed by atoms with Crippen molar-refractivity contribution >= 4 is 5.82 Å². The Hall–Kier alpha value is -1.32.